The Morgan fingerprint density at radius 3 is 2.58 bits per heavy atom. The molecule has 8 nitrogen and oxygen atoms in total. The van der Waals surface area contributed by atoms with Gasteiger partial charge in [0.1, 0.15) is 11.9 Å². The second kappa shape index (κ2) is 10.4. The topological polar surface area (TPSA) is 101 Å². The van der Waals surface area contributed by atoms with Crippen LogP contribution in [0.2, 0.25) is 5.02 Å². The van der Waals surface area contributed by atoms with Gasteiger partial charge in [-0.3, -0.25) is 4.79 Å². The van der Waals surface area contributed by atoms with Crippen LogP contribution in [0.4, 0.5) is 5.82 Å². The van der Waals surface area contributed by atoms with Crippen molar-refractivity contribution in [2.24, 2.45) is 5.92 Å². The molecule has 2 aromatic rings. The molecule has 2 heterocycles. The third kappa shape index (κ3) is 6.39. The molecular formula is C21H27ClN4O4S. The van der Waals surface area contributed by atoms with Gasteiger partial charge in [0.2, 0.25) is 15.9 Å². The van der Waals surface area contributed by atoms with Gasteiger partial charge in [-0.25, -0.2) is 13.4 Å². The van der Waals surface area contributed by atoms with Crippen LogP contribution in [0.1, 0.15) is 19.4 Å². The number of halogens is 1. The number of benzene rings is 1. The van der Waals surface area contributed by atoms with E-state index >= 15 is 0 Å². The minimum absolute atomic E-state index is 0.0151. The number of ether oxygens (including phenoxy) is 1. The van der Waals surface area contributed by atoms with E-state index in [1.807, 2.05) is 12.1 Å². The molecular weight excluding hydrogens is 440 g/mol. The summed E-state index contributed by atoms with van der Waals surface area (Å²) in [5.74, 6) is 0.210. The van der Waals surface area contributed by atoms with E-state index in [-0.39, 0.29) is 17.4 Å². The molecule has 1 aromatic heterocycles. The number of carbonyl (C=O) groups is 1. The zero-order chi connectivity index (χ0) is 22.4. The van der Waals surface area contributed by atoms with Crippen LogP contribution in [0, 0.1) is 5.92 Å². The number of hydrogen-bond donors (Lipinski definition) is 2. The lowest BCUT2D eigenvalue weighted by molar-refractivity contribution is -0.123. The SMILES string of the molecule is CC(C)[C@H](NS(=O)(=O)c1cccc(Cl)c1)C(=O)NCc1ccc(N2CCOCC2)nc1. The lowest BCUT2D eigenvalue weighted by atomic mass is 10.0. The van der Waals surface area contributed by atoms with Gasteiger partial charge in [0, 0.05) is 30.9 Å². The molecule has 0 bridgehead atoms. The number of nitrogens with one attached hydrogen (secondary N) is 2. The number of amides is 1. The summed E-state index contributed by atoms with van der Waals surface area (Å²) in [6, 6.07) is 8.81. The Labute approximate surface area is 188 Å². The Morgan fingerprint density at radius 1 is 1.23 bits per heavy atom. The molecule has 0 unspecified atom stereocenters. The van der Waals surface area contributed by atoms with Gasteiger partial charge in [-0.2, -0.15) is 4.72 Å². The highest BCUT2D eigenvalue weighted by Gasteiger charge is 2.28. The van der Waals surface area contributed by atoms with Crippen molar-refractivity contribution < 1.29 is 17.9 Å². The highest BCUT2D eigenvalue weighted by Crippen LogP contribution is 2.17. The zero-order valence-corrected chi connectivity index (χ0v) is 19.1. The molecule has 1 aliphatic rings. The average molecular weight is 467 g/mol. The second-order valence-electron chi connectivity index (χ2n) is 7.64. The van der Waals surface area contributed by atoms with Gasteiger partial charge >= 0.3 is 0 Å². The number of morpholine rings is 1. The minimum Gasteiger partial charge on any atom is -0.378 e. The van der Waals surface area contributed by atoms with Gasteiger partial charge in [-0.05, 0) is 35.7 Å². The van der Waals surface area contributed by atoms with Crippen LogP contribution in [0.5, 0.6) is 0 Å². The highest BCUT2D eigenvalue weighted by molar-refractivity contribution is 7.89. The van der Waals surface area contributed by atoms with Gasteiger partial charge in [0.15, 0.2) is 0 Å². The van der Waals surface area contributed by atoms with Crippen molar-refractivity contribution in [2.75, 3.05) is 31.2 Å². The molecule has 1 aliphatic heterocycles. The summed E-state index contributed by atoms with van der Waals surface area (Å²) in [4.78, 5) is 19.4. The fraction of sp³-hybridized carbons (Fsp3) is 0.429. The number of rotatable bonds is 8. The molecule has 1 atom stereocenters. The maximum absolute atomic E-state index is 12.7. The summed E-state index contributed by atoms with van der Waals surface area (Å²) in [6.07, 6.45) is 1.71. The van der Waals surface area contributed by atoms with Gasteiger partial charge in [0.05, 0.1) is 18.1 Å². The van der Waals surface area contributed by atoms with Crippen LogP contribution in [-0.4, -0.2) is 51.7 Å². The third-order valence-electron chi connectivity index (χ3n) is 4.95. The van der Waals surface area contributed by atoms with Crippen molar-refractivity contribution in [1.82, 2.24) is 15.0 Å². The molecule has 3 rings (SSSR count). The van der Waals surface area contributed by atoms with E-state index in [0.717, 1.165) is 24.5 Å². The Morgan fingerprint density at radius 2 is 1.97 bits per heavy atom. The monoisotopic (exact) mass is 466 g/mol. The Bertz CT molecular complexity index is 993. The molecule has 0 radical (unpaired) electrons. The van der Waals surface area contributed by atoms with E-state index in [0.29, 0.717) is 18.2 Å². The summed E-state index contributed by atoms with van der Waals surface area (Å²) in [6.45, 7) is 6.77. The molecule has 31 heavy (non-hydrogen) atoms. The normalized spacial score (nSPS) is 15.7. The maximum Gasteiger partial charge on any atom is 0.241 e. The fourth-order valence-corrected chi connectivity index (χ4v) is 4.81. The quantitative estimate of drug-likeness (QED) is 0.618. The van der Waals surface area contributed by atoms with E-state index in [1.165, 1.54) is 12.1 Å². The predicted octanol–water partition coefficient (Wildman–Crippen LogP) is 2.19. The standard InChI is InChI=1S/C21H27ClN4O4S/c1-15(2)20(25-31(28,29)18-5-3-4-17(22)12-18)21(27)24-14-16-6-7-19(23-13-16)26-8-10-30-11-9-26/h3-7,12-13,15,20,25H,8-11,14H2,1-2H3,(H,24,27)/t20-/m0/s1. The summed E-state index contributed by atoms with van der Waals surface area (Å²) < 4.78 is 33.2. The van der Waals surface area contributed by atoms with Crippen LogP contribution in [-0.2, 0) is 26.1 Å². The first-order chi connectivity index (χ1) is 14.8. The van der Waals surface area contributed by atoms with Crippen LogP contribution in [0.25, 0.3) is 0 Å². The van der Waals surface area contributed by atoms with Crippen LogP contribution in [0.3, 0.4) is 0 Å². The van der Waals surface area contributed by atoms with Crippen molar-refractivity contribution in [3.8, 4) is 0 Å². The van der Waals surface area contributed by atoms with Crippen molar-refractivity contribution in [1.29, 1.82) is 0 Å². The lowest BCUT2D eigenvalue weighted by Gasteiger charge is -2.27. The first-order valence-electron chi connectivity index (χ1n) is 10.1. The van der Waals surface area contributed by atoms with E-state index in [9.17, 15) is 13.2 Å². The Hall–Kier alpha value is -2.20. The summed E-state index contributed by atoms with van der Waals surface area (Å²) >= 11 is 5.90. The van der Waals surface area contributed by atoms with Crippen molar-refractivity contribution in [3.63, 3.8) is 0 Å². The molecule has 0 aliphatic carbocycles. The van der Waals surface area contributed by atoms with Gasteiger partial charge < -0.3 is 15.0 Å². The molecule has 1 aromatic carbocycles. The molecule has 0 spiro atoms. The van der Waals surface area contributed by atoms with Crippen LogP contribution < -0.4 is 14.9 Å². The zero-order valence-electron chi connectivity index (χ0n) is 17.5. The number of nitrogens with zero attached hydrogens (tertiary/aromatic N) is 2. The number of pyridine rings is 1. The summed E-state index contributed by atoms with van der Waals surface area (Å²) in [5, 5.41) is 3.11. The van der Waals surface area contributed by atoms with Crippen LogP contribution in [0.15, 0.2) is 47.5 Å². The first kappa shape index (κ1) is 23.5. The number of carbonyl (C=O) groups excluding carboxylic acids is 1. The minimum atomic E-state index is -3.90. The highest BCUT2D eigenvalue weighted by atomic mass is 35.5. The molecule has 0 saturated carbocycles. The molecule has 2 N–H and O–H groups in total. The molecule has 1 saturated heterocycles. The maximum atomic E-state index is 12.7. The second-order valence-corrected chi connectivity index (χ2v) is 9.79. The number of aromatic nitrogens is 1. The number of sulfonamides is 1. The molecule has 10 heteroatoms. The number of anilines is 1. The van der Waals surface area contributed by atoms with Crippen molar-refractivity contribution >= 4 is 33.3 Å². The van der Waals surface area contributed by atoms with Crippen molar-refractivity contribution in [2.45, 2.75) is 31.3 Å². The van der Waals surface area contributed by atoms with Gasteiger partial charge in [0.25, 0.3) is 0 Å². The Kier molecular flexibility index (Phi) is 7.88. The molecule has 168 valence electrons. The summed E-state index contributed by atoms with van der Waals surface area (Å²) in [5.41, 5.74) is 0.825. The third-order valence-corrected chi connectivity index (χ3v) is 6.62. The smallest absolute Gasteiger partial charge is 0.241 e. The molecule has 1 fully saturated rings. The largest absolute Gasteiger partial charge is 0.378 e. The van der Waals surface area contributed by atoms with E-state index in [2.05, 4.69) is 19.9 Å². The molecule has 1 amide bonds. The van der Waals surface area contributed by atoms with E-state index < -0.39 is 22.0 Å². The fourth-order valence-electron chi connectivity index (χ4n) is 3.16. The van der Waals surface area contributed by atoms with Crippen molar-refractivity contribution in [3.05, 3.63) is 53.2 Å². The van der Waals surface area contributed by atoms with Gasteiger partial charge in [-0.15, -0.1) is 0 Å². The first-order valence-corrected chi connectivity index (χ1v) is 12.0. The van der Waals surface area contributed by atoms with Crippen LogP contribution >= 0.6 is 11.6 Å². The van der Waals surface area contributed by atoms with Gasteiger partial charge in [-0.1, -0.05) is 37.6 Å². The average Bonchev–Trinajstić information content (AvgIpc) is 2.76. The predicted molar refractivity (Wildman–Crippen MR) is 120 cm³/mol. The van der Waals surface area contributed by atoms with E-state index in [4.69, 9.17) is 16.3 Å². The number of hydrogen-bond acceptors (Lipinski definition) is 6. The lowest BCUT2D eigenvalue weighted by Crippen LogP contribution is -2.49. The Balaban J connectivity index is 1.61. The summed E-state index contributed by atoms with van der Waals surface area (Å²) in [7, 11) is -3.90. The van der Waals surface area contributed by atoms with E-state index in [1.54, 1.807) is 32.2 Å².